The maximum Gasteiger partial charge on any atom is 0.124 e. The van der Waals surface area contributed by atoms with Crippen LogP contribution in [0.5, 0.6) is 0 Å². The van der Waals surface area contributed by atoms with Crippen LogP contribution >= 0.6 is 0 Å². The Morgan fingerprint density at radius 1 is 1.26 bits per heavy atom. The lowest BCUT2D eigenvalue weighted by Crippen LogP contribution is -2.63. The van der Waals surface area contributed by atoms with Crippen LogP contribution in [-0.4, -0.2) is 71.2 Å². The van der Waals surface area contributed by atoms with E-state index in [-0.39, 0.29) is 0 Å². The van der Waals surface area contributed by atoms with Crippen LogP contribution in [0.25, 0.3) is 0 Å². The van der Waals surface area contributed by atoms with Gasteiger partial charge in [0.2, 0.25) is 0 Å². The maximum atomic E-state index is 4.87. The van der Waals surface area contributed by atoms with E-state index >= 15 is 0 Å². The Labute approximate surface area is 115 Å². The third-order valence-electron chi connectivity index (χ3n) is 4.41. The summed E-state index contributed by atoms with van der Waals surface area (Å²) in [4.78, 5) is 7.66. The number of aromatic nitrogens is 1. The molecule has 0 bridgehead atoms. The molecule has 5 nitrogen and oxygen atoms in total. The highest BCUT2D eigenvalue weighted by atomic mass is 16.5. The first-order valence-electron chi connectivity index (χ1n) is 7.32. The van der Waals surface area contributed by atoms with Crippen LogP contribution in [0.1, 0.15) is 19.5 Å². The summed E-state index contributed by atoms with van der Waals surface area (Å²) in [5.41, 5.74) is 1.04. The summed E-state index contributed by atoms with van der Waals surface area (Å²) < 4.78 is 4.87. The van der Waals surface area contributed by atoms with Crippen LogP contribution in [0.3, 0.4) is 0 Å². The molecule has 0 saturated carbocycles. The van der Waals surface area contributed by atoms with Crippen LogP contribution < -0.4 is 0 Å². The zero-order chi connectivity index (χ0) is 13.2. The van der Waals surface area contributed by atoms with E-state index in [0.29, 0.717) is 6.04 Å². The molecule has 106 valence electrons. The molecule has 0 unspecified atom stereocenters. The molecule has 1 aromatic rings. The Morgan fingerprint density at radius 2 is 2.00 bits per heavy atom. The molecular formula is C14H24N4O. The minimum absolute atomic E-state index is 0.687. The molecule has 1 aromatic heterocycles. The topological polar surface area (TPSA) is 35.8 Å². The molecule has 3 heterocycles. The van der Waals surface area contributed by atoms with Crippen LogP contribution in [0.2, 0.25) is 0 Å². The predicted molar refractivity (Wildman–Crippen MR) is 73.9 cm³/mol. The molecule has 5 heteroatoms. The monoisotopic (exact) mass is 264 g/mol. The highest BCUT2D eigenvalue weighted by Gasteiger charge is 2.33. The number of likely N-dealkylation sites (tertiary alicyclic amines) is 1. The summed E-state index contributed by atoms with van der Waals surface area (Å²) in [5.74, 6) is 0. The van der Waals surface area contributed by atoms with E-state index in [9.17, 15) is 0 Å². The van der Waals surface area contributed by atoms with Gasteiger partial charge in [-0.1, -0.05) is 5.16 Å². The van der Waals surface area contributed by atoms with Crippen molar-refractivity contribution >= 4 is 0 Å². The second-order valence-electron chi connectivity index (χ2n) is 6.00. The summed E-state index contributed by atoms with van der Waals surface area (Å²) in [5, 5.41) is 3.97. The van der Waals surface area contributed by atoms with Gasteiger partial charge in [-0.2, -0.15) is 0 Å². The van der Waals surface area contributed by atoms with Gasteiger partial charge >= 0.3 is 0 Å². The summed E-state index contributed by atoms with van der Waals surface area (Å²) in [7, 11) is 0. The van der Waals surface area contributed by atoms with Gasteiger partial charge in [-0.3, -0.25) is 14.7 Å². The summed E-state index contributed by atoms with van der Waals surface area (Å²) in [6.45, 7) is 12.7. The fraction of sp³-hybridized carbons (Fsp3) is 0.786. The average Bonchev–Trinajstić information content (AvgIpc) is 2.86. The second kappa shape index (κ2) is 5.61. The van der Waals surface area contributed by atoms with Crippen molar-refractivity contribution in [2.24, 2.45) is 0 Å². The van der Waals surface area contributed by atoms with Gasteiger partial charge in [0.15, 0.2) is 0 Å². The molecule has 0 aromatic carbocycles. The largest absolute Gasteiger partial charge is 0.364 e. The van der Waals surface area contributed by atoms with E-state index in [1.54, 1.807) is 6.26 Å². The standard InChI is InChI=1S/C14H24N4O/c1-12(2)17-4-6-18(7-5-17)14-10-16(11-14)9-13-3-8-19-15-13/h3,8,12,14H,4-7,9-11H2,1-2H3. The highest BCUT2D eigenvalue weighted by molar-refractivity contribution is 4.99. The van der Waals surface area contributed by atoms with E-state index in [4.69, 9.17) is 4.52 Å². The Bertz CT molecular complexity index is 378. The number of rotatable bonds is 4. The molecule has 0 radical (unpaired) electrons. The van der Waals surface area contributed by atoms with Gasteiger partial charge in [-0.25, -0.2) is 0 Å². The Morgan fingerprint density at radius 3 is 2.58 bits per heavy atom. The van der Waals surface area contributed by atoms with Crippen molar-refractivity contribution < 1.29 is 4.52 Å². The summed E-state index contributed by atoms with van der Waals surface area (Å²) in [6.07, 6.45) is 1.65. The Balaban J connectivity index is 1.40. The highest BCUT2D eigenvalue weighted by Crippen LogP contribution is 2.19. The van der Waals surface area contributed by atoms with Gasteiger partial charge in [0.05, 0.1) is 5.69 Å². The van der Waals surface area contributed by atoms with Crippen LogP contribution in [0.4, 0.5) is 0 Å². The fourth-order valence-corrected chi connectivity index (χ4v) is 3.07. The normalized spacial score (nSPS) is 23.9. The molecule has 0 N–H and O–H groups in total. The van der Waals surface area contributed by atoms with Crippen molar-refractivity contribution in [3.8, 4) is 0 Å². The van der Waals surface area contributed by atoms with Gasteiger partial charge in [-0.15, -0.1) is 0 Å². The van der Waals surface area contributed by atoms with Crippen molar-refractivity contribution in [1.29, 1.82) is 0 Å². The first kappa shape index (κ1) is 13.1. The molecule has 0 atom stereocenters. The van der Waals surface area contributed by atoms with E-state index in [0.717, 1.165) is 18.3 Å². The molecule has 3 rings (SSSR count). The van der Waals surface area contributed by atoms with Crippen LogP contribution in [-0.2, 0) is 6.54 Å². The SMILES string of the molecule is CC(C)N1CCN(C2CN(Cc3ccon3)C2)CC1. The summed E-state index contributed by atoms with van der Waals surface area (Å²) >= 11 is 0. The molecular weight excluding hydrogens is 240 g/mol. The van der Waals surface area contributed by atoms with Crippen molar-refractivity contribution in [2.45, 2.75) is 32.5 Å². The lowest BCUT2D eigenvalue weighted by Gasteiger charge is -2.48. The molecule has 2 saturated heterocycles. The van der Waals surface area contributed by atoms with Gasteiger partial charge in [0.1, 0.15) is 6.26 Å². The average molecular weight is 264 g/mol. The van der Waals surface area contributed by atoms with Crippen LogP contribution in [0.15, 0.2) is 16.9 Å². The van der Waals surface area contributed by atoms with Gasteiger partial charge < -0.3 is 4.52 Å². The minimum atomic E-state index is 0.687. The van der Waals surface area contributed by atoms with E-state index in [1.807, 2.05) is 6.07 Å². The second-order valence-corrected chi connectivity index (χ2v) is 6.00. The molecule has 2 fully saturated rings. The van der Waals surface area contributed by atoms with Crippen LogP contribution in [0, 0.1) is 0 Å². The fourth-order valence-electron chi connectivity index (χ4n) is 3.07. The zero-order valence-corrected chi connectivity index (χ0v) is 12.0. The van der Waals surface area contributed by atoms with Gasteiger partial charge in [0, 0.05) is 64.0 Å². The molecule has 19 heavy (non-hydrogen) atoms. The van der Waals surface area contributed by atoms with Gasteiger partial charge in [-0.05, 0) is 13.8 Å². The van der Waals surface area contributed by atoms with Crippen molar-refractivity contribution in [3.05, 3.63) is 18.0 Å². The molecule has 2 aliphatic heterocycles. The number of piperazine rings is 1. The predicted octanol–water partition coefficient (Wildman–Crippen LogP) is 0.885. The molecule has 2 aliphatic rings. The first-order chi connectivity index (χ1) is 9.22. The Kier molecular flexibility index (Phi) is 3.86. The number of hydrogen-bond donors (Lipinski definition) is 0. The molecule has 0 aliphatic carbocycles. The van der Waals surface area contributed by atoms with Crippen molar-refractivity contribution in [2.75, 3.05) is 39.3 Å². The minimum Gasteiger partial charge on any atom is -0.364 e. The first-order valence-corrected chi connectivity index (χ1v) is 7.32. The number of hydrogen-bond acceptors (Lipinski definition) is 5. The van der Waals surface area contributed by atoms with Gasteiger partial charge in [0.25, 0.3) is 0 Å². The van der Waals surface area contributed by atoms with E-state index in [2.05, 4.69) is 33.7 Å². The lowest BCUT2D eigenvalue weighted by molar-refractivity contribution is -0.00492. The zero-order valence-electron chi connectivity index (χ0n) is 12.0. The number of nitrogens with zero attached hydrogens (tertiary/aromatic N) is 4. The van der Waals surface area contributed by atoms with E-state index < -0.39 is 0 Å². The Hall–Kier alpha value is -0.910. The quantitative estimate of drug-likeness (QED) is 0.807. The van der Waals surface area contributed by atoms with Crippen molar-refractivity contribution in [1.82, 2.24) is 19.9 Å². The van der Waals surface area contributed by atoms with Crippen molar-refractivity contribution in [3.63, 3.8) is 0 Å². The third kappa shape index (κ3) is 2.99. The molecule has 0 amide bonds. The molecule has 0 spiro atoms. The third-order valence-corrected chi connectivity index (χ3v) is 4.41. The lowest BCUT2D eigenvalue weighted by atomic mass is 10.1. The summed E-state index contributed by atoms with van der Waals surface area (Å²) in [6, 6.07) is 3.39. The smallest absolute Gasteiger partial charge is 0.124 e. The maximum absolute atomic E-state index is 4.87. The van der Waals surface area contributed by atoms with E-state index in [1.165, 1.54) is 39.3 Å².